The molecule has 1 unspecified atom stereocenters. The van der Waals surface area contributed by atoms with Crippen molar-refractivity contribution in [2.75, 3.05) is 26.7 Å². The Bertz CT molecular complexity index is 532. The number of hydrogen-bond donors (Lipinski definition) is 1. The molecule has 1 aromatic rings. The Morgan fingerprint density at radius 1 is 1.60 bits per heavy atom. The zero-order chi connectivity index (χ0) is 14.7. The molecule has 0 radical (unpaired) electrons. The maximum atomic E-state index is 12.4. The van der Waals surface area contributed by atoms with E-state index in [-0.39, 0.29) is 23.1 Å². The third-order valence-corrected chi connectivity index (χ3v) is 3.54. The predicted octanol–water partition coefficient (Wildman–Crippen LogP) is 1.02. The predicted molar refractivity (Wildman–Crippen MR) is 72.7 cm³/mol. The highest BCUT2D eigenvalue weighted by Gasteiger charge is 2.30. The number of nitrogens with two attached hydrogens (primary N) is 1. The van der Waals surface area contributed by atoms with E-state index in [9.17, 15) is 14.9 Å². The number of hydrogen-bond acceptors (Lipinski definition) is 5. The van der Waals surface area contributed by atoms with E-state index in [2.05, 4.69) is 0 Å². The van der Waals surface area contributed by atoms with Gasteiger partial charge in [0.15, 0.2) is 0 Å². The fourth-order valence-corrected chi connectivity index (χ4v) is 2.35. The van der Waals surface area contributed by atoms with Crippen LogP contribution in [0.15, 0.2) is 18.2 Å². The van der Waals surface area contributed by atoms with Gasteiger partial charge in [-0.25, -0.2) is 0 Å². The molecule has 1 aromatic carbocycles. The minimum Gasteiger partial charge on any atom is -0.497 e. The molecule has 108 valence electrons. The van der Waals surface area contributed by atoms with Crippen LogP contribution in [-0.2, 0) is 0 Å². The quantitative estimate of drug-likeness (QED) is 0.655. The van der Waals surface area contributed by atoms with Gasteiger partial charge in [0.1, 0.15) is 11.3 Å². The second-order valence-corrected chi connectivity index (χ2v) is 4.78. The largest absolute Gasteiger partial charge is 0.497 e. The minimum absolute atomic E-state index is 0.0621. The van der Waals surface area contributed by atoms with E-state index in [1.807, 2.05) is 0 Å². The Morgan fingerprint density at radius 3 is 2.90 bits per heavy atom. The normalized spacial score (nSPS) is 18.1. The van der Waals surface area contributed by atoms with E-state index in [1.165, 1.54) is 25.3 Å². The fourth-order valence-electron chi connectivity index (χ4n) is 2.35. The molecule has 7 heteroatoms. The van der Waals surface area contributed by atoms with Crippen LogP contribution < -0.4 is 10.5 Å². The van der Waals surface area contributed by atoms with Crippen LogP contribution >= 0.6 is 0 Å². The van der Waals surface area contributed by atoms with Gasteiger partial charge in [-0.15, -0.1) is 0 Å². The molecule has 0 bridgehead atoms. The number of ether oxygens (including phenoxy) is 1. The summed E-state index contributed by atoms with van der Waals surface area (Å²) in [6.07, 6.45) is 0.833. The number of nitro groups is 1. The van der Waals surface area contributed by atoms with Crippen molar-refractivity contribution in [1.82, 2.24) is 4.90 Å². The van der Waals surface area contributed by atoms with Crippen molar-refractivity contribution in [3.8, 4) is 5.75 Å². The summed E-state index contributed by atoms with van der Waals surface area (Å²) in [5.74, 6) is 0.351. The third-order valence-electron chi connectivity index (χ3n) is 3.54. The molecule has 0 spiro atoms. The first-order valence-corrected chi connectivity index (χ1v) is 6.38. The van der Waals surface area contributed by atoms with E-state index in [0.29, 0.717) is 25.4 Å². The average Bonchev–Trinajstić information content (AvgIpc) is 2.94. The molecule has 1 fully saturated rings. The van der Waals surface area contributed by atoms with Crippen LogP contribution in [0.5, 0.6) is 5.75 Å². The Balaban J connectivity index is 2.30. The third kappa shape index (κ3) is 2.72. The number of methoxy groups -OCH3 is 1. The van der Waals surface area contributed by atoms with Gasteiger partial charge < -0.3 is 15.4 Å². The number of likely N-dealkylation sites (tertiary alicyclic amines) is 1. The number of carbonyl (C=O) groups excluding carboxylic acids is 1. The summed E-state index contributed by atoms with van der Waals surface area (Å²) in [5, 5.41) is 11.0. The Hall–Kier alpha value is -2.15. The van der Waals surface area contributed by atoms with Gasteiger partial charge in [-0.3, -0.25) is 14.9 Å². The van der Waals surface area contributed by atoms with Crippen molar-refractivity contribution in [1.29, 1.82) is 0 Å². The van der Waals surface area contributed by atoms with Gasteiger partial charge in [-0.1, -0.05) is 0 Å². The summed E-state index contributed by atoms with van der Waals surface area (Å²) in [5.41, 5.74) is 5.45. The zero-order valence-electron chi connectivity index (χ0n) is 11.2. The highest BCUT2D eigenvalue weighted by atomic mass is 16.6. The summed E-state index contributed by atoms with van der Waals surface area (Å²) in [6, 6.07) is 4.18. The number of amides is 1. The lowest BCUT2D eigenvalue weighted by molar-refractivity contribution is -0.385. The number of carbonyl (C=O) groups is 1. The molecule has 7 nitrogen and oxygen atoms in total. The van der Waals surface area contributed by atoms with E-state index in [1.54, 1.807) is 4.90 Å². The molecule has 1 aliphatic heterocycles. The van der Waals surface area contributed by atoms with E-state index >= 15 is 0 Å². The SMILES string of the molecule is COc1ccc([N+](=O)[O-])c(C(=O)N2CCC(CN)C2)c1. The molecule has 0 aliphatic carbocycles. The molecule has 1 saturated heterocycles. The molecule has 0 saturated carbocycles. The van der Waals surface area contributed by atoms with Gasteiger partial charge in [0.2, 0.25) is 0 Å². The number of benzene rings is 1. The first-order valence-electron chi connectivity index (χ1n) is 6.38. The molecule has 2 N–H and O–H groups in total. The van der Waals surface area contributed by atoms with E-state index in [0.717, 1.165) is 6.42 Å². The lowest BCUT2D eigenvalue weighted by atomic mass is 10.1. The standard InChI is InChI=1S/C13H17N3O4/c1-20-10-2-3-12(16(18)19)11(6-10)13(17)15-5-4-9(7-14)8-15/h2-3,6,9H,4-5,7-8,14H2,1H3. The van der Waals surface area contributed by atoms with Gasteiger partial charge in [-0.05, 0) is 31.0 Å². The molecule has 20 heavy (non-hydrogen) atoms. The smallest absolute Gasteiger partial charge is 0.282 e. The lowest BCUT2D eigenvalue weighted by Gasteiger charge is -2.16. The summed E-state index contributed by atoms with van der Waals surface area (Å²) < 4.78 is 5.03. The van der Waals surface area contributed by atoms with Gasteiger partial charge in [0, 0.05) is 19.2 Å². The molecule has 1 amide bonds. The van der Waals surface area contributed by atoms with Gasteiger partial charge in [0.25, 0.3) is 11.6 Å². The van der Waals surface area contributed by atoms with E-state index < -0.39 is 4.92 Å². The van der Waals surface area contributed by atoms with Crippen molar-refractivity contribution in [2.24, 2.45) is 11.7 Å². The maximum Gasteiger partial charge on any atom is 0.282 e. The second-order valence-electron chi connectivity index (χ2n) is 4.78. The van der Waals surface area contributed by atoms with Crippen LogP contribution in [0.4, 0.5) is 5.69 Å². The molecule has 0 aromatic heterocycles. The highest BCUT2D eigenvalue weighted by Crippen LogP contribution is 2.27. The zero-order valence-corrected chi connectivity index (χ0v) is 11.2. The summed E-state index contributed by atoms with van der Waals surface area (Å²) in [4.78, 5) is 24.5. The minimum atomic E-state index is -0.552. The molecular weight excluding hydrogens is 262 g/mol. The molecule has 1 heterocycles. The van der Waals surface area contributed by atoms with Crippen molar-refractivity contribution in [3.63, 3.8) is 0 Å². The summed E-state index contributed by atoms with van der Waals surface area (Å²) in [7, 11) is 1.45. The van der Waals surface area contributed by atoms with Crippen LogP contribution in [0.25, 0.3) is 0 Å². The van der Waals surface area contributed by atoms with Crippen LogP contribution in [0, 0.1) is 16.0 Å². The van der Waals surface area contributed by atoms with Crippen molar-refractivity contribution < 1.29 is 14.5 Å². The Kier molecular flexibility index (Phi) is 4.19. The summed E-state index contributed by atoms with van der Waals surface area (Å²) >= 11 is 0. The summed E-state index contributed by atoms with van der Waals surface area (Å²) in [6.45, 7) is 1.64. The van der Waals surface area contributed by atoms with Crippen LogP contribution in [0.3, 0.4) is 0 Å². The molecule has 1 aliphatic rings. The van der Waals surface area contributed by atoms with Crippen molar-refractivity contribution in [2.45, 2.75) is 6.42 Å². The Labute approximate surface area is 116 Å². The van der Waals surface area contributed by atoms with Gasteiger partial charge in [-0.2, -0.15) is 0 Å². The second kappa shape index (κ2) is 5.87. The van der Waals surface area contributed by atoms with E-state index in [4.69, 9.17) is 10.5 Å². The van der Waals surface area contributed by atoms with Gasteiger partial charge >= 0.3 is 0 Å². The first kappa shape index (κ1) is 14.3. The molecule has 1 atom stereocenters. The molecule has 2 rings (SSSR count). The average molecular weight is 279 g/mol. The molecular formula is C13H17N3O4. The van der Waals surface area contributed by atoms with Crippen LogP contribution in [0.2, 0.25) is 0 Å². The maximum absolute atomic E-state index is 12.4. The monoisotopic (exact) mass is 279 g/mol. The van der Waals surface area contributed by atoms with Crippen molar-refractivity contribution in [3.05, 3.63) is 33.9 Å². The highest BCUT2D eigenvalue weighted by molar-refractivity contribution is 5.98. The number of nitrogens with zero attached hydrogens (tertiary/aromatic N) is 2. The number of rotatable bonds is 4. The van der Waals surface area contributed by atoms with Crippen LogP contribution in [0.1, 0.15) is 16.8 Å². The van der Waals surface area contributed by atoms with Crippen molar-refractivity contribution >= 4 is 11.6 Å². The fraction of sp³-hybridized carbons (Fsp3) is 0.462. The van der Waals surface area contributed by atoms with Gasteiger partial charge in [0.05, 0.1) is 12.0 Å². The Morgan fingerprint density at radius 2 is 2.35 bits per heavy atom. The van der Waals surface area contributed by atoms with Crippen LogP contribution in [-0.4, -0.2) is 42.5 Å². The first-order chi connectivity index (χ1) is 9.56. The lowest BCUT2D eigenvalue weighted by Crippen LogP contribution is -2.30. The number of nitro benzene ring substituents is 1. The topological polar surface area (TPSA) is 98.7 Å².